The molecule has 1 saturated heterocycles. The average Bonchev–Trinajstić information content (AvgIpc) is 1.36. The van der Waals surface area contributed by atoms with Gasteiger partial charge in [-0.1, -0.05) is 51.8 Å². The van der Waals surface area contributed by atoms with Gasteiger partial charge in [0.15, 0.2) is 17.7 Å². The third-order valence-electron chi connectivity index (χ3n) is 17.3. The number of anilines is 2. The highest BCUT2D eigenvalue weighted by Crippen LogP contribution is 2.66. The van der Waals surface area contributed by atoms with Crippen molar-refractivity contribution in [1.82, 2.24) is 34.3 Å². The fourth-order valence-corrected chi connectivity index (χ4v) is 17.1. The van der Waals surface area contributed by atoms with Crippen LogP contribution in [0.5, 0.6) is 0 Å². The van der Waals surface area contributed by atoms with E-state index in [1.54, 1.807) is 11.9 Å². The van der Waals surface area contributed by atoms with Gasteiger partial charge in [-0.3, -0.25) is 23.2 Å². The number of ether oxygens (including phenoxy) is 1. The number of imidazole rings is 1. The number of carbonyl (C=O) groups excluding carboxylic acids is 2. The Labute approximate surface area is 493 Å². The van der Waals surface area contributed by atoms with Gasteiger partial charge in [0.2, 0.25) is 11.3 Å². The predicted octanol–water partition coefficient (Wildman–Crippen LogP) is 5.37. The molecular formula is C58H78N9O15P3. The van der Waals surface area contributed by atoms with Gasteiger partial charge in [-0.2, -0.15) is 4.31 Å². The number of unbranched alkanes of at least 4 members (excludes halogenated alkanes) is 3. The summed E-state index contributed by atoms with van der Waals surface area (Å²) in [5.74, 6) is 0.0710. The first-order valence-corrected chi connectivity index (χ1v) is 33.7. The van der Waals surface area contributed by atoms with Crippen molar-refractivity contribution in [2.45, 2.75) is 154 Å². The highest BCUT2D eigenvalue weighted by molar-refractivity contribution is 7.66. The first-order chi connectivity index (χ1) is 40.2. The molecule has 0 saturated carbocycles. The number of aliphatic hydroxyl groups excluding tert-OH is 2. The van der Waals surface area contributed by atoms with Crippen molar-refractivity contribution in [2.75, 3.05) is 63.6 Å². The van der Waals surface area contributed by atoms with Crippen LogP contribution >= 0.6 is 23.5 Å². The molecule has 460 valence electrons. The third-order valence-corrected chi connectivity index (χ3v) is 21.6. The van der Waals surface area contributed by atoms with Gasteiger partial charge in [-0.25, -0.2) is 33.0 Å². The van der Waals surface area contributed by atoms with Gasteiger partial charge >= 0.3 is 15.6 Å². The van der Waals surface area contributed by atoms with Crippen molar-refractivity contribution in [2.24, 2.45) is 0 Å². The van der Waals surface area contributed by atoms with Crippen LogP contribution in [0.2, 0.25) is 0 Å². The highest BCUT2D eigenvalue weighted by Gasteiger charge is 2.48. The molecule has 1 aliphatic carbocycles. The lowest BCUT2D eigenvalue weighted by atomic mass is 9.64. The summed E-state index contributed by atoms with van der Waals surface area (Å²) in [7, 11) is -15.2. The van der Waals surface area contributed by atoms with E-state index in [1.165, 1.54) is 60.5 Å². The Morgan fingerprint density at radius 3 is 2.44 bits per heavy atom. The lowest BCUT2D eigenvalue weighted by Gasteiger charge is -2.48. The molecule has 8 atom stereocenters. The largest absolute Gasteiger partial charge is 0.756 e. The Hall–Kier alpha value is -5.29. The Balaban J connectivity index is 0.696. The van der Waals surface area contributed by atoms with Crippen LogP contribution in [-0.2, 0) is 59.2 Å². The molecule has 4 aliphatic heterocycles. The number of fused-ring (bicyclic) bond motifs is 5. The van der Waals surface area contributed by atoms with Crippen LogP contribution in [0.25, 0.3) is 16.7 Å². The molecule has 85 heavy (non-hydrogen) atoms. The van der Waals surface area contributed by atoms with E-state index >= 15 is 0 Å². The van der Waals surface area contributed by atoms with Crippen molar-refractivity contribution >= 4 is 63.5 Å². The maximum atomic E-state index is 14.8. The number of amides is 2. The van der Waals surface area contributed by atoms with Gasteiger partial charge in [-0.15, -0.1) is 0 Å². The minimum atomic E-state index is -5.86. The highest BCUT2D eigenvalue weighted by atomic mass is 31.3. The molecule has 3 aromatic carbocycles. The third kappa shape index (κ3) is 12.9. The number of hydrogen-bond acceptors (Lipinski definition) is 18. The molecule has 24 nitrogen and oxygen atoms in total. The van der Waals surface area contributed by atoms with E-state index in [-0.39, 0.29) is 52.6 Å². The summed E-state index contributed by atoms with van der Waals surface area (Å²) >= 11 is 0. The molecular weight excluding hydrogens is 1160 g/mol. The van der Waals surface area contributed by atoms with E-state index in [0.717, 1.165) is 69.2 Å². The summed E-state index contributed by atoms with van der Waals surface area (Å²) in [5.41, 5.74) is 17.8. The van der Waals surface area contributed by atoms with Crippen molar-refractivity contribution in [3.05, 3.63) is 110 Å². The second-order valence-corrected chi connectivity index (χ2v) is 28.6. The summed E-state index contributed by atoms with van der Waals surface area (Å²) in [6, 6.07) is 15.4. The molecule has 7 N–H and O–H groups in total. The van der Waals surface area contributed by atoms with Crippen LogP contribution in [0.15, 0.2) is 55.1 Å². The monoisotopic (exact) mass is 1230 g/mol. The molecule has 10 rings (SSSR count). The zero-order valence-electron chi connectivity index (χ0n) is 49.1. The second-order valence-electron chi connectivity index (χ2n) is 24.0. The lowest BCUT2D eigenvalue weighted by molar-refractivity contribution is -0.218. The number of benzene rings is 3. The molecule has 0 spiro atoms. The zero-order chi connectivity index (χ0) is 61.0. The molecule has 0 bridgehead atoms. The standard InChI is InChI=1S/C58H78N9O15P3/c1-8-67-44-30-43-41(29-40(44)35(2)31-57(67,3)4)47(42-28-36-18-15-25-65-26-16-21-39(50(36)65)48(42)58(43,5)6)37-19-11-12-20-38(37)55(71)64(7)24-17-22-46(68)60-23-13-9-10-14-27-78-83(72,73)81-85(76,77)82-84(74,75)79-32-45-51(69)52(70)56(80-45)66-34-63-49-53(59)61-33-62-54(49)66/h11-12,19-20,28-30,33-35,45,51-52,56,69-70H,8-10,13-18,21-27,31-32H2,1-7H3,(H5-,59,60,61,62,68,72,73,74,75,76,77)/t35?,45-,51-,52-,56-/m1/s1. The average molecular weight is 1230 g/mol. The second kappa shape index (κ2) is 24.7. The van der Waals surface area contributed by atoms with Crippen LogP contribution in [0.3, 0.4) is 0 Å². The van der Waals surface area contributed by atoms with Gasteiger partial charge in [0.25, 0.3) is 13.7 Å². The Kier molecular flexibility index (Phi) is 18.2. The normalized spacial score (nSPS) is 23.2. The van der Waals surface area contributed by atoms with E-state index in [1.807, 2.05) is 18.2 Å². The SMILES string of the molecule is CCN1c2cc3c(cc2C(C)CC1(C)C)C(c1ccccc1C(=O)N(C)CCCC(=O)NCCCCCCOP(=O)([O-])OP(=O)(O)OP(=O)(O)OC[C@H]1O[C@@H](n2cnc4c(N)ncnc42)[C@H](O)[C@@H]1O)=c1cc2c4c(c1C3(C)C)CCC[N+]=4CCC2. The smallest absolute Gasteiger partial charge is 0.487 e. The Morgan fingerprint density at radius 1 is 0.929 bits per heavy atom. The molecule has 27 heteroatoms. The number of hydrogen-bond donors (Lipinski definition) is 6. The summed E-state index contributed by atoms with van der Waals surface area (Å²) in [4.78, 5) is 76.5. The van der Waals surface area contributed by atoms with Gasteiger partial charge in [-0.05, 0) is 128 Å². The molecule has 6 heterocycles. The van der Waals surface area contributed by atoms with Crippen LogP contribution in [-0.4, -0.2) is 133 Å². The molecule has 2 aromatic heterocycles. The van der Waals surface area contributed by atoms with Gasteiger partial charge in [0.1, 0.15) is 43.2 Å². The minimum Gasteiger partial charge on any atom is -0.756 e. The van der Waals surface area contributed by atoms with E-state index in [9.17, 15) is 48.2 Å². The zero-order valence-corrected chi connectivity index (χ0v) is 51.8. The Bertz CT molecular complexity index is 3690. The molecule has 5 aliphatic rings. The summed E-state index contributed by atoms with van der Waals surface area (Å²) in [6.07, 6.45) is 3.78. The number of nitrogen functional groups attached to an aromatic ring is 1. The van der Waals surface area contributed by atoms with Crippen molar-refractivity contribution in [1.29, 1.82) is 0 Å². The van der Waals surface area contributed by atoms with Gasteiger partial charge < -0.3 is 55.0 Å². The molecule has 5 aromatic rings. The van der Waals surface area contributed by atoms with E-state index < -0.39 is 61.2 Å². The molecule has 2 amide bonds. The number of carbonyl (C=O) groups is 2. The van der Waals surface area contributed by atoms with Gasteiger partial charge in [0.05, 0.1) is 19.5 Å². The maximum Gasteiger partial charge on any atom is 0.487 e. The van der Waals surface area contributed by atoms with Gasteiger partial charge in [0, 0.05) is 79.3 Å². The summed E-state index contributed by atoms with van der Waals surface area (Å²) in [5, 5.41) is 26.7. The number of rotatable bonds is 23. The summed E-state index contributed by atoms with van der Waals surface area (Å²) < 4.78 is 64.5. The molecule has 0 radical (unpaired) electrons. The number of aryl methyl sites for hydroxylation is 1. The van der Waals surface area contributed by atoms with Crippen LogP contribution in [0, 0.1) is 0 Å². The number of nitrogens with zero attached hydrogens (tertiary/aromatic N) is 7. The summed E-state index contributed by atoms with van der Waals surface area (Å²) in [6.45, 7) is 16.4. The number of nitrogens with one attached hydrogen (secondary N) is 1. The van der Waals surface area contributed by atoms with E-state index in [0.29, 0.717) is 50.3 Å². The van der Waals surface area contributed by atoms with Crippen LogP contribution < -0.4 is 36.0 Å². The quantitative estimate of drug-likeness (QED) is 0.0272. The predicted molar refractivity (Wildman–Crippen MR) is 315 cm³/mol. The first-order valence-electron chi connectivity index (χ1n) is 29.2. The van der Waals surface area contributed by atoms with Crippen LogP contribution in [0.4, 0.5) is 11.5 Å². The van der Waals surface area contributed by atoms with Crippen molar-refractivity contribution in [3.8, 4) is 0 Å². The van der Waals surface area contributed by atoms with E-state index in [4.69, 9.17) is 10.5 Å². The van der Waals surface area contributed by atoms with E-state index in [2.05, 4.69) is 113 Å². The molecule has 4 unspecified atom stereocenters. The number of phosphoric acid groups is 3. The van der Waals surface area contributed by atoms with Crippen molar-refractivity contribution in [3.63, 3.8) is 0 Å². The molecule has 1 fully saturated rings. The fourth-order valence-electron chi connectivity index (χ4n) is 13.6. The van der Waals surface area contributed by atoms with Crippen LogP contribution in [0.1, 0.15) is 161 Å². The minimum absolute atomic E-state index is 0.00317. The number of nitrogens with two attached hydrogens (primary N) is 1. The Morgan fingerprint density at radius 2 is 1.67 bits per heavy atom. The fraction of sp³-hybridized carbons (Fsp3) is 0.552. The topological polar surface area (TPSA) is 327 Å². The lowest BCUT2D eigenvalue weighted by Crippen LogP contribution is -2.50. The number of aliphatic hydroxyl groups is 2. The number of phosphoric ester groups is 2. The van der Waals surface area contributed by atoms with Crippen molar-refractivity contribution < 1.29 is 70.6 Å². The number of aromatic nitrogens is 4. The first kappa shape index (κ1) is 62.8. The maximum absolute atomic E-state index is 14.8.